The lowest BCUT2D eigenvalue weighted by molar-refractivity contribution is 0.102. The number of benzene rings is 2. The summed E-state index contributed by atoms with van der Waals surface area (Å²) in [4.78, 5) is 21.5. The van der Waals surface area contributed by atoms with Crippen LogP contribution in [-0.4, -0.2) is 42.2 Å². The Morgan fingerprint density at radius 2 is 1.86 bits per heavy atom. The topological polar surface area (TPSA) is 92.3 Å². The van der Waals surface area contributed by atoms with Gasteiger partial charge in [-0.3, -0.25) is 10.1 Å². The van der Waals surface area contributed by atoms with Crippen LogP contribution >= 0.6 is 11.3 Å². The summed E-state index contributed by atoms with van der Waals surface area (Å²) in [7, 11) is -2.01. The summed E-state index contributed by atoms with van der Waals surface area (Å²) in [5.41, 5.74) is 1.64. The van der Waals surface area contributed by atoms with Crippen molar-refractivity contribution in [2.45, 2.75) is 11.8 Å². The number of sulfonamides is 1. The van der Waals surface area contributed by atoms with Gasteiger partial charge in [0.2, 0.25) is 10.0 Å². The zero-order valence-corrected chi connectivity index (χ0v) is 17.4. The predicted molar refractivity (Wildman–Crippen MR) is 115 cm³/mol. The number of pyridine rings is 1. The summed E-state index contributed by atoms with van der Waals surface area (Å²) >= 11 is 1.22. The molecule has 2 heterocycles. The highest BCUT2D eigenvalue weighted by Gasteiger charge is 2.20. The molecule has 0 atom stereocenters. The number of aromatic nitrogens is 2. The smallest absolute Gasteiger partial charge is 0.276 e. The van der Waals surface area contributed by atoms with Crippen LogP contribution in [0.25, 0.3) is 21.1 Å². The quantitative estimate of drug-likeness (QED) is 0.525. The first-order valence-corrected chi connectivity index (χ1v) is 11.2. The molecule has 0 radical (unpaired) electrons. The number of para-hydroxylation sites is 1. The molecule has 4 rings (SSSR count). The number of anilines is 1. The minimum atomic E-state index is -3.54. The highest BCUT2D eigenvalue weighted by molar-refractivity contribution is 7.89. The second kappa shape index (κ2) is 7.51. The molecule has 2 aromatic carbocycles. The van der Waals surface area contributed by atoms with Crippen molar-refractivity contribution in [1.82, 2.24) is 14.3 Å². The van der Waals surface area contributed by atoms with Crippen molar-refractivity contribution in [3.63, 3.8) is 0 Å². The highest BCUT2D eigenvalue weighted by Crippen LogP contribution is 2.29. The standard InChI is InChI=1S/C20H18N4O3S2/c1-3-24(2)29(26,27)14-9-11-16-18(12-14)28-20(22-16)23-19(25)17-10-8-13-6-4-5-7-15(13)21-17/h4-12H,3H2,1-2H3,(H,22,23,25). The summed E-state index contributed by atoms with van der Waals surface area (Å²) in [5, 5.41) is 4.09. The summed E-state index contributed by atoms with van der Waals surface area (Å²) in [5.74, 6) is -0.367. The molecule has 1 N–H and O–H groups in total. The largest absolute Gasteiger partial charge is 0.296 e. The van der Waals surface area contributed by atoms with Crippen LogP contribution in [0.5, 0.6) is 0 Å². The average Bonchev–Trinajstić information content (AvgIpc) is 3.14. The van der Waals surface area contributed by atoms with Crippen LogP contribution in [0.3, 0.4) is 0 Å². The molecule has 0 saturated heterocycles. The minimum Gasteiger partial charge on any atom is -0.296 e. The minimum absolute atomic E-state index is 0.201. The summed E-state index contributed by atoms with van der Waals surface area (Å²) in [6, 6.07) is 15.8. The van der Waals surface area contributed by atoms with Gasteiger partial charge in [-0.25, -0.2) is 22.7 Å². The van der Waals surface area contributed by atoms with Crippen molar-refractivity contribution in [3.8, 4) is 0 Å². The van der Waals surface area contributed by atoms with E-state index in [1.54, 1.807) is 25.1 Å². The Kier molecular flexibility index (Phi) is 5.03. The molecule has 148 valence electrons. The zero-order valence-electron chi connectivity index (χ0n) is 15.8. The Morgan fingerprint density at radius 3 is 2.66 bits per heavy atom. The first-order valence-electron chi connectivity index (χ1n) is 8.92. The van der Waals surface area contributed by atoms with Gasteiger partial charge in [-0.2, -0.15) is 0 Å². The Balaban J connectivity index is 1.61. The average molecular weight is 427 g/mol. The molecule has 7 nitrogen and oxygen atoms in total. The van der Waals surface area contributed by atoms with Crippen molar-refractivity contribution in [1.29, 1.82) is 0 Å². The van der Waals surface area contributed by atoms with Gasteiger partial charge in [-0.15, -0.1) is 0 Å². The SMILES string of the molecule is CCN(C)S(=O)(=O)c1ccc2nc(NC(=O)c3ccc4ccccc4n3)sc2c1. The fraction of sp³-hybridized carbons (Fsp3) is 0.150. The molecule has 0 fully saturated rings. The lowest BCUT2D eigenvalue weighted by Crippen LogP contribution is -2.26. The monoisotopic (exact) mass is 426 g/mol. The number of fused-ring (bicyclic) bond motifs is 2. The molecule has 0 unspecified atom stereocenters. The number of hydrogen-bond donors (Lipinski definition) is 1. The van der Waals surface area contributed by atoms with E-state index < -0.39 is 10.0 Å². The number of carbonyl (C=O) groups excluding carboxylic acids is 1. The van der Waals surface area contributed by atoms with E-state index in [4.69, 9.17) is 0 Å². The molecule has 0 aliphatic heterocycles. The van der Waals surface area contributed by atoms with Crippen molar-refractivity contribution < 1.29 is 13.2 Å². The van der Waals surface area contributed by atoms with E-state index in [9.17, 15) is 13.2 Å². The Labute approximate surface area is 172 Å². The van der Waals surface area contributed by atoms with Crippen molar-refractivity contribution in [2.24, 2.45) is 0 Å². The van der Waals surface area contributed by atoms with E-state index >= 15 is 0 Å². The van der Waals surface area contributed by atoms with Gasteiger partial charge in [-0.1, -0.05) is 42.5 Å². The molecular formula is C20H18N4O3S2. The maximum absolute atomic E-state index is 12.6. The van der Waals surface area contributed by atoms with Crippen LogP contribution in [0.1, 0.15) is 17.4 Å². The third-order valence-electron chi connectivity index (χ3n) is 4.56. The Hall–Kier alpha value is -2.88. The summed E-state index contributed by atoms with van der Waals surface area (Å²) in [6.45, 7) is 2.15. The first-order chi connectivity index (χ1) is 13.9. The maximum Gasteiger partial charge on any atom is 0.276 e. The van der Waals surface area contributed by atoms with Crippen molar-refractivity contribution in [2.75, 3.05) is 18.9 Å². The Morgan fingerprint density at radius 1 is 1.07 bits per heavy atom. The number of carbonyl (C=O) groups is 1. The number of nitrogens with one attached hydrogen (secondary N) is 1. The van der Waals surface area contributed by atoms with Crippen LogP contribution in [0.2, 0.25) is 0 Å². The molecule has 0 aliphatic rings. The van der Waals surface area contributed by atoms with Gasteiger partial charge >= 0.3 is 0 Å². The van der Waals surface area contributed by atoms with Gasteiger partial charge < -0.3 is 0 Å². The van der Waals surface area contributed by atoms with E-state index in [0.29, 0.717) is 21.9 Å². The molecular weight excluding hydrogens is 408 g/mol. The predicted octanol–water partition coefficient (Wildman–Crippen LogP) is 3.74. The van der Waals surface area contributed by atoms with Crippen LogP contribution < -0.4 is 5.32 Å². The van der Waals surface area contributed by atoms with Gasteiger partial charge in [0.25, 0.3) is 5.91 Å². The van der Waals surface area contributed by atoms with E-state index in [2.05, 4.69) is 15.3 Å². The lowest BCUT2D eigenvalue weighted by Gasteiger charge is -2.14. The van der Waals surface area contributed by atoms with Crippen LogP contribution in [0.15, 0.2) is 59.5 Å². The fourth-order valence-electron chi connectivity index (χ4n) is 2.82. The van der Waals surface area contributed by atoms with Crippen molar-refractivity contribution >= 4 is 53.5 Å². The zero-order chi connectivity index (χ0) is 20.6. The molecule has 9 heteroatoms. The molecule has 0 saturated carbocycles. The van der Waals surface area contributed by atoms with Crippen LogP contribution in [-0.2, 0) is 10.0 Å². The molecule has 0 spiro atoms. The number of amides is 1. The molecule has 4 aromatic rings. The second-order valence-electron chi connectivity index (χ2n) is 6.41. The van der Waals surface area contributed by atoms with Crippen LogP contribution in [0.4, 0.5) is 5.13 Å². The van der Waals surface area contributed by atoms with Gasteiger partial charge in [0.15, 0.2) is 5.13 Å². The first kappa shape index (κ1) is 19.4. The third-order valence-corrected chi connectivity index (χ3v) is 7.43. The highest BCUT2D eigenvalue weighted by atomic mass is 32.2. The number of thiazole rings is 1. The Bertz CT molecular complexity index is 1330. The second-order valence-corrected chi connectivity index (χ2v) is 9.49. The number of nitrogens with zero attached hydrogens (tertiary/aromatic N) is 3. The van der Waals surface area contributed by atoms with Gasteiger partial charge in [-0.05, 0) is 30.3 Å². The van der Waals surface area contributed by atoms with E-state index in [1.165, 1.54) is 28.8 Å². The lowest BCUT2D eigenvalue weighted by atomic mass is 10.2. The summed E-state index contributed by atoms with van der Waals surface area (Å²) < 4.78 is 27.0. The number of hydrogen-bond acceptors (Lipinski definition) is 6. The molecule has 29 heavy (non-hydrogen) atoms. The molecule has 0 bridgehead atoms. The third kappa shape index (κ3) is 3.71. The van der Waals surface area contributed by atoms with Crippen LogP contribution in [0, 0.1) is 0 Å². The number of rotatable bonds is 5. The normalized spacial score (nSPS) is 12.0. The molecule has 1 amide bonds. The molecule has 0 aliphatic carbocycles. The van der Waals surface area contributed by atoms with Crippen molar-refractivity contribution in [3.05, 3.63) is 60.3 Å². The van der Waals surface area contributed by atoms with E-state index in [-0.39, 0.29) is 16.5 Å². The maximum atomic E-state index is 12.6. The fourth-order valence-corrected chi connectivity index (χ4v) is 5.00. The van der Waals surface area contributed by atoms with E-state index in [0.717, 1.165) is 10.9 Å². The molecule has 2 aromatic heterocycles. The van der Waals surface area contributed by atoms with Gasteiger partial charge in [0.1, 0.15) is 5.69 Å². The van der Waals surface area contributed by atoms with Gasteiger partial charge in [0, 0.05) is 19.0 Å². The van der Waals surface area contributed by atoms with Gasteiger partial charge in [0.05, 0.1) is 20.6 Å². The summed E-state index contributed by atoms with van der Waals surface area (Å²) in [6.07, 6.45) is 0. The van der Waals surface area contributed by atoms with E-state index in [1.807, 2.05) is 30.3 Å².